The molecule has 2 aliphatic heterocycles. The van der Waals surface area contributed by atoms with Crippen LogP contribution in [0.3, 0.4) is 0 Å². The lowest BCUT2D eigenvalue weighted by molar-refractivity contribution is 0.0317. The summed E-state index contributed by atoms with van der Waals surface area (Å²) in [6.07, 6.45) is 6.13. The fourth-order valence-electron chi connectivity index (χ4n) is 5.12. The van der Waals surface area contributed by atoms with Crippen LogP contribution >= 0.6 is 0 Å². The van der Waals surface area contributed by atoms with Crippen molar-refractivity contribution in [3.8, 4) is 0 Å². The number of aryl methyl sites for hydroxylation is 2. The van der Waals surface area contributed by atoms with E-state index in [1.165, 1.54) is 18.4 Å². The van der Waals surface area contributed by atoms with Crippen molar-refractivity contribution in [2.24, 2.45) is 0 Å². The maximum Gasteiger partial charge on any atom is 0.257 e. The van der Waals surface area contributed by atoms with Gasteiger partial charge in [-0.15, -0.1) is 0 Å². The minimum Gasteiger partial charge on any atom is -0.334 e. The molecule has 148 valence electrons. The summed E-state index contributed by atoms with van der Waals surface area (Å²) in [6, 6.07) is 11.4. The smallest absolute Gasteiger partial charge is 0.257 e. The molecule has 0 aliphatic carbocycles. The van der Waals surface area contributed by atoms with Crippen molar-refractivity contribution in [2.45, 2.75) is 57.5 Å². The molecule has 0 N–H and O–H groups in total. The Kier molecular flexibility index (Phi) is 5.44. The second-order valence-electron chi connectivity index (χ2n) is 8.26. The third-order valence-electron chi connectivity index (χ3n) is 6.48. The van der Waals surface area contributed by atoms with Gasteiger partial charge in [-0.2, -0.15) is 0 Å². The number of amides is 1. The standard InChI is InChI=1S/C23H30N4O/c1-16-20(15-24-17(2)25-16)23(28)27-14-12-19(18-9-5-4-6-10-18)22-21(27)11-7-8-13-26(22)3/h4-6,9-10,15,19,21-22H,7-8,11-14H2,1-3H3/t19-,21-,22-/m1/s1. The quantitative estimate of drug-likeness (QED) is 0.802. The highest BCUT2D eigenvalue weighted by Crippen LogP contribution is 2.38. The fraction of sp³-hybridized carbons (Fsp3) is 0.522. The van der Waals surface area contributed by atoms with Crippen LogP contribution in [0.5, 0.6) is 0 Å². The average molecular weight is 379 g/mol. The molecule has 1 amide bonds. The van der Waals surface area contributed by atoms with Crippen molar-refractivity contribution < 1.29 is 4.79 Å². The van der Waals surface area contributed by atoms with Crippen molar-refractivity contribution in [1.82, 2.24) is 19.8 Å². The molecule has 1 aromatic carbocycles. The first-order valence-electron chi connectivity index (χ1n) is 10.4. The Hall–Kier alpha value is -2.27. The van der Waals surface area contributed by atoms with E-state index >= 15 is 0 Å². The van der Waals surface area contributed by atoms with E-state index in [0.717, 1.165) is 31.6 Å². The summed E-state index contributed by atoms with van der Waals surface area (Å²) in [5.41, 5.74) is 2.82. The molecule has 3 heterocycles. The summed E-state index contributed by atoms with van der Waals surface area (Å²) in [5.74, 6) is 1.27. The molecule has 2 aliphatic rings. The molecule has 0 bridgehead atoms. The number of piperidine rings is 1. The van der Waals surface area contributed by atoms with Crippen LogP contribution in [0.2, 0.25) is 0 Å². The zero-order valence-corrected chi connectivity index (χ0v) is 17.1. The minimum atomic E-state index is 0.0920. The van der Waals surface area contributed by atoms with Crippen LogP contribution < -0.4 is 0 Å². The topological polar surface area (TPSA) is 49.3 Å². The Morgan fingerprint density at radius 2 is 1.86 bits per heavy atom. The van der Waals surface area contributed by atoms with E-state index in [0.29, 0.717) is 23.3 Å². The van der Waals surface area contributed by atoms with E-state index in [2.05, 4.69) is 57.1 Å². The monoisotopic (exact) mass is 378 g/mol. The van der Waals surface area contributed by atoms with E-state index in [4.69, 9.17) is 0 Å². The van der Waals surface area contributed by atoms with Gasteiger partial charge < -0.3 is 9.80 Å². The van der Waals surface area contributed by atoms with Gasteiger partial charge in [-0.3, -0.25) is 4.79 Å². The van der Waals surface area contributed by atoms with Gasteiger partial charge in [0.2, 0.25) is 0 Å². The summed E-state index contributed by atoms with van der Waals surface area (Å²) in [4.78, 5) is 26.8. The van der Waals surface area contributed by atoms with Gasteiger partial charge in [-0.25, -0.2) is 9.97 Å². The van der Waals surface area contributed by atoms with Crippen LogP contribution in [0.25, 0.3) is 0 Å². The highest BCUT2D eigenvalue weighted by Gasteiger charge is 2.43. The van der Waals surface area contributed by atoms with E-state index < -0.39 is 0 Å². The SMILES string of the molecule is Cc1ncc(C(=O)N2CC[C@H](c3ccccc3)[C@@H]3[C@H]2CCCCN3C)c(C)n1. The Balaban J connectivity index is 1.68. The van der Waals surface area contributed by atoms with Crippen LogP contribution in [-0.2, 0) is 0 Å². The molecule has 2 aromatic rings. The predicted molar refractivity (Wildman–Crippen MR) is 110 cm³/mol. The number of rotatable bonds is 2. The molecule has 5 nitrogen and oxygen atoms in total. The van der Waals surface area contributed by atoms with Gasteiger partial charge >= 0.3 is 0 Å². The second-order valence-corrected chi connectivity index (χ2v) is 8.26. The average Bonchev–Trinajstić information content (AvgIpc) is 2.89. The molecule has 2 fully saturated rings. The maximum atomic E-state index is 13.5. The number of fused-ring (bicyclic) bond motifs is 1. The number of nitrogens with zero attached hydrogens (tertiary/aromatic N) is 4. The summed E-state index contributed by atoms with van der Waals surface area (Å²) in [5, 5.41) is 0. The zero-order valence-electron chi connectivity index (χ0n) is 17.1. The molecule has 0 spiro atoms. The molecular weight excluding hydrogens is 348 g/mol. The number of hydrogen-bond acceptors (Lipinski definition) is 4. The first-order chi connectivity index (χ1) is 13.6. The zero-order chi connectivity index (χ0) is 19.7. The van der Waals surface area contributed by atoms with Crippen molar-refractivity contribution in [3.05, 3.63) is 59.2 Å². The summed E-state index contributed by atoms with van der Waals surface area (Å²) in [6.45, 7) is 5.66. The van der Waals surface area contributed by atoms with E-state index in [1.54, 1.807) is 6.20 Å². The number of carbonyl (C=O) groups excluding carboxylic acids is 1. The summed E-state index contributed by atoms with van der Waals surface area (Å²) in [7, 11) is 2.23. The summed E-state index contributed by atoms with van der Waals surface area (Å²) < 4.78 is 0. The van der Waals surface area contributed by atoms with E-state index in [-0.39, 0.29) is 11.9 Å². The number of likely N-dealkylation sites (tertiary alicyclic amines) is 2. The molecule has 5 heteroatoms. The number of carbonyl (C=O) groups is 1. The first-order valence-corrected chi connectivity index (χ1v) is 10.4. The van der Waals surface area contributed by atoms with Gasteiger partial charge in [0, 0.05) is 30.7 Å². The van der Waals surface area contributed by atoms with Crippen molar-refractivity contribution in [2.75, 3.05) is 20.1 Å². The molecule has 3 atom stereocenters. The second kappa shape index (κ2) is 8.00. The van der Waals surface area contributed by atoms with Crippen LogP contribution in [0.4, 0.5) is 0 Å². The van der Waals surface area contributed by atoms with E-state index in [9.17, 15) is 4.79 Å². The molecule has 0 saturated carbocycles. The molecule has 2 saturated heterocycles. The maximum absolute atomic E-state index is 13.5. The Labute approximate surface area is 167 Å². The number of benzene rings is 1. The lowest BCUT2D eigenvalue weighted by Gasteiger charge is -2.48. The van der Waals surface area contributed by atoms with Crippen molar-refractivity contribution in [1.29, 1.82) is 0 Å². The van der Waals surface area contributed by atoms with Crippen molar-refractivity contribution in [3.63, 3.8) is 0 Å². The number of hydrogen-bond donors (Lipinski definition) is 0. The Bertz CT molecular complexity index is 838. The fourth-order valence-corrected chi connectivity index (χ4v) is 5.12. The van der Waals surface area contributed by atoms with Gasteiger partial charge in [-0.05, 0) is 52.3 Å². The normalized spacial score (nSPS) is 25.8. The summed E-state index contributed by atoms with van der Waals surface area (Å²) >= 11 is 0. The lowest BCUT2D eigenvalue weighted by Crippen LogP contribution is -2.58. The Morgan fingerprint density at radius 1 is 1.07 bits per heavy atom. The largest absolute Gasteiger partial charge is 0.334 e. The highest BCUT2D eigenvalue weighted by molar-refractivity contribution is 5.95. The van der Waals surface area contributed by atoms with Gasteiger partial charge in [0.15, 0.2) is 0 Å². The van der Waals surface area contributed by atoms with Gasteiger partial charge in [0.25, 0.3) is 5.91 Å². The number of aromatic nitrogens is 2. The molecule has 0 radical (unpaired) electrons. The van der Waals surface area contributed by atoms with Crippen LogP contribution in [-0.4, -0.2) is 57.9 Å². The van der Waals surface area contributed by atoms with E-state index in [1.807, 2.05) is 13.8 Å². The lowest BCUT2D eigenvalue weighted by atomic mass is 9.79. The Morgan fingerprint density at radius 3 is 2.61 bits per heavy atom. The van der Waals surface area contributed by atoms with Crippen molar-refractivity contribution >= 4 is 5.91 Å². The third kappa shape index (κ3) is 3.55. The minimum absolute atomic E-state index is 0.0920. The molecule has 1 aromatic heterocycles. The molecular formula is C23H30N4O. The van der Waals surface area contributed by atoms with Gasteiger partial charge in [-0.1, -0.05) is 36.8 Å². The molecule has 28 heavy (non-hydrogen) atoms. The molecule has 0 unspecified atom stereocenters. The van der Waals surface area contributed by atoms with Crippen LogP contribution in [0.1, 0.15) is 59.0 Å². The predicted octanol–water partition coefficient (Wildman–Crippen LogP) is 3.58. The first kappa shape index (κ1) is 19.1. The third-order valence-corrected chi connectivity index (χ3v) is 6.48. The van der Waals surface area contributed by atoms with Crippen LogP contribution in [0.15, 0.2) is 36.5 Å². The highest BCUT2D eigenvalue weighted by atomic mass is 16.2. The van der Waals surface area contributed by atoms with Gasteiger partial charge in [0.05, 0.1) is 11.3 Å². The van der Waals surface area contributed by atoms with Crippen LogP contribution in [0, 0.1) is 13.8 Å². The number of likely N-dealkylation sites (N-methyl/N-ethyl adjacent to an activating group) is 1. The van der Waals surface area contributed by atoms with Gasteiger partial charge in [0.1, 0.15) is 5.82 Å². The molecule has 4 rings (SSSR count).